The third kappa shape index (κ3) is 3.96. The Balaban J connectivity index is 1.63. The standard InChI is InChI=1S/C19H22ClN3O3/c1-25-14-7-8-18(26-2)16(13-14)21-19(24)23-11-9-22(10-12-23)17-6-4-3-5-15(17)20/h3-8,13H,9-12H2,1-2H3,(H,21,24). The summed E-state index contributed by atoms with van der Waals surface area (Å²) in [6, 6.07) is 12.9. The first-order valence-corrected chi connectivity index (χ1v) is 8.77. The highest BCUT2D eigenvalue weighted by Gasteiger charge is 2.23. The minimum absolute atomic E-state index is 0.157. The Labute approximate surface area is 158 Å². The Morgan fingerprint density at radius 2 is 1.77 bits per heavy atom. The number of nitrogens with zero attached hydrogens (tertiary/aromatic N) is 2. The van der Waals surface area contributed by atoms with Gasteiger partial charge >= 0.3 is 6.03 Å². The lowest BCUT2D eigenvalue weighted by Gasteiger charge is -2.36. The van der Waals surface area contributed by atoms with Gasteiger partial charge in [0.1, 0.15) is 11.5 Å². The molecule has 1 aliphatic heterocycles. The molecule has 1 saturated heterocycles. The van der Waals surface area contributed by atoms with Crippen LogP contribution in [0.1, 0.15) is 0 Å². The zero-order chi connectivity index (χ0) is 18.5. The molecule has 2 aromatic rings. The lowest BCUT2D eigenvalue weighted by Crippen LogP contribution is -2.50. The van der Waals surface area contributed by atoms with Crippen LogP contribution in [0.2, 0.25) is 5.02 Å². The molecule has 6 nitrogen and oxygen atoms in total. The third-order valence-corrected chi connectivity index (χ3v) is 4.73. The molecule has 26 heavy (non-hydrogen) atoms. The van der Waals surface area contributed by atoms with Gasteiger partial charge < -0.3 is 24.6 Å². The number of urea groups is 1. The average molecular weight is 376 g/mol. The fourth-order valence-electron chi connectivity index (χ4n) is 2.96. The predicted octanol–water partition coefficient (Wildman–Crippen LogP) is 3.71. The van der Waals surface area contributed by atoms with E-state index in [1.54, 1.807) is 37.3 Å². The van der Waals surface area contributed by atoms with E-state index in [9.17, 15) is 4.79 Å². The van der Waals surface area contributed by atoms with E-state index in [1.807, 2.05) is 24.3 Å². The van der Waals surface area contributed by atoms with Crippen LogP contribution in [-0.2, 0) is 0 Å². The molecule has 0 aliphatic carbocycles. The molecule has 2 amide bonds. The van der Waals surface area contributed by atoms with Crippen molar-refractivity contribution >= 4 is 29.0 Å². The summed E-state index contributed by atoms with van der Waals surface area (Å²) in [7, 11) is 3.15. The van der Waals surface area contributed by atoms with Crippen LogP contribution < -0.4 is 19.7 Å². The lowest BCUT2D eigenvalue weighted by molar-refractivity contribution is 0.208. The number of benzene rings is 2. The van der Waals surface area contributed by atoms with Crippen LogP contribution in [0.25, 0.3) is 0 Å². The van der Waals surface area contributed by atoms with E-state index in [2.05, 4.69) is 10.2 Å². The molecule has 2 aromatic carbocycles. The van der Waals surface area contributed by atoms with Crippen molar-refractivity contribution in [3.8, 4) is 11.5 Å². The second kappa shape index (κ2) is 8.19. The van der Waals surface area contributed by atoms with Crippen LogP contribution in [0.4, 0.5) is 16.2 Å². The molecule has 138 valence electrons. The molecule has 0 spiro atoms. The SMILES string of the molecule is COc1ccc(OC)c(NC(=O)N2CCN(c3ccccc3Cl)CC2)c1. The normalized spacial score (nSPS) is 14.1. The lowest BCUT2D eigenvalue weighted by atomic mass is 10.2. The van der Waals surface area contributed by atoms with Gasteiger partial charge in [-0.1, -0.05) is 23.7 Å². The van der Waals surface area contributed by atoms with Gasteiger partial charge in [-0.25, -0.2) is 4.79 Å². The average Bonchev–Trinajstić information content (AvgIpc) is 2.68. The summed E-state index contributed by atoms with van der Waals surface area (Å²) in [4.78, 5) is 16.6. The van der Waals surface area contributed by atoms with Gasteiger partial charge in [-0.05, 0) is 24.3 Å². The molecule has 1 fully saturated rings. The van der Waals surface area contributed by atoms with E-state index in [0.717, 1.165) is 23.8 Å². The summed E-state index contributed by atoms with van der Waals surface area (Å²) in [5.41, 5.74) is 1.59. The fourth-order valence-corrected chi connectivity index (χ4v) is 3.22. The third-order valence-electron chi connectivity index (χ3n) is 4.41. The second-order valence-electron chi connectivity index (χ2n) is 5.92. The summed E-state index contributed by atoms with van der Waals surface area (Å²) in [6.07, 6.45) is 0. The molecule has 7 heteroatoms. The Hall–Kier alpha value is -2.60. The number of piperazine rings is 1. The molecular weight excluding hydrogens is 354 g/mol. The maximum absolute atomic E-state index is 12.6. The van der Waals surface area contributed by atoms with Crippen LogP contribution >= 0.6 is 11.6 Å². The van der Waals surface area contributed by atoms with Crippen molar-refractivity contribution in [2.75, 3.05) is 50.6 Å². The summed E-state index contributed by atoms with van der Waals surface area (Å²) < 4.78 is 10.5. The molecule has 0 atom stereocenters. The highest BCUT2D eigenvalue weighted by molar-refractivity contribution is 6.33. The zero-order valence-electron chi connectivity index (χ0n) is 14.9. The van der Waals surface area contributed by atoms with Crippen molar-refractivity contribution in [3.05, 3.63) is 47.5 Å². The number of halogens is 1. The van der Waals surface area contributed by atoms with E-state index in [4.69, 9.17) is 21.1 Å². The van der Waals surface area contributed by atoms with Gasteiger partial charge in [0.15, 0.2) is 0 Å². The number of carbonyl (C=O) groups is 1. The van der Waals surface area contributed by atoms with Crippen molar-refractivity contribution in [2.45, 2.75) is 0 Å². The zero-order valence-corrected chi connectivity index (χ0v) is 15.6. The van der Waals surface area contributed by atoms with E-state index < -0.39 is 0 Å². The predicted molar refractivity (Wildman–Crippen MR) is 104 cm³/mol. The Morgan fingerprint density at radius 3 is 2.42 bits per heavy atom. The van der Waals surface area contributed by atoms with Gasteiger partial charge in [0.05, 0.1) is 30.6 Å². The maximum atomic E-state index is 12.6. The van der Waals surface area contributed by atoms with Crippen molar-refractivity contribution in [3.63, 3.8) is 0 Å². The number of hydrogen-bond donors (Lipinski definition) is 1. The van der Waals surface area contributed by atoms with Gasteiger partial charge in [-0.2, -0.15) is 0 Å². The smallest absolute Gasteiger partial charge is 0.322 e. The molecule has 1 aliphatic rings. The highest BCUT2D eigenvalue weighted by Crippen LogP contribution is 2.30. The van der Waals surface area contributed by atoms with E-state index in [1.165, 1.54) is 0 Å². The molecule has 0 radical (unpaired) electrons. The van der Waals surface area contributed by atoms with Crippen LogP contribution in [0.5, 0.6) is 11.5 Å². The largest absolute Gasteiger partial charge is 0.497 e. The second-order valence-corrected chi connectivity index (χ2v) is 6.33. The van der Waals surface area contributed by atoms with Crippen LogP contribution in [0, 0.1) is 0 Å². The van der Waals surface area contributed by atoms with Crippen LogP contribution in [0.3, 0.4) is 0 Å². The quantitative estimate of drug-likeness (QED) is 0.885. The van der Waals surface area contributed by atoms with E-state index in [-0.39, 0.29) is 6.03 Å². The van der Waals surface area contributed by atoms with Crippen LogP contribution in [-0.4, -0.2) is 51.3 Å². The van der Waals surface area contributed by atoms with Crippen molar-refractivity contribution in [2.24, 2.45) is 0 Å². The van der Waals surface area contributed by atoms with Crippen molar-refractivity contribution in [1.82, 2.24) is 4.90 Å². The number of amides is 2. The molecule has 1 heterocycles. The number of nitrogens with one attached hydrogen (secondary N) is 1. The Morgan fingerprint density at radius 1 is 1.04 bits per heavy atom. The first-order chi connectivity index (χ1) is 12.6. The monoisotopic (exact) mass is 375 g/mol. The molecule has 1 N–H and O–H groups in total. The first-order valence-electron chi connectivity index (χ1n) is 8.40. The van der Waals surface area contributed by atoms with E-state index >= 15 is 0 Å². The fraction of sp³-hybridized carbons (Fsp3) is 0.316. The number of carbonyl (C=O) groups excluding carboxylic acids is 1. The minimum Gasteiger partial charge on any atom is -0.497 e. The first kappa shape index (κ1) is 18.2. The minimum atomic E-state index is -0.157. The molecule has 0 unspecified atom stereocenters. The van der Waals surface area contributed by atoms with Gasteiger partial charge in [0.25, 0.3) is 0 Å². The number of para-hydroxylation sites is 1. The van der Waals surface area contributed by atoms with Crippen molar-refractivity contribution < 1.29 is 14.3 Å². The van der Waals surface area contributed by atoms with Gasteiger partial charge in [0.2, 0.25) is 0 Å². The number of ether oxygens (including phenoxy) is 2. The number of hydrogen-bond acceptors (Lipinski definition) is 4. The summed E-state index contributed by atoms with van der Waals surface area (Å²) >= 11 is 6.27. The summed E-state index contributed by atoms with van der Waals surface area (Å²) in [5.74, 6) is 1.25. The number of anilines is 2. The number of rotatable bonds is 4. The molecular formula is C19H22ClN3O3. The maximum Gasteiger partial charge on any atom is 0.322 e. The topological polar surface area (TPSA) is 54.0 Å². The summed E-state index contributed by atoms with van der Waals surface area (Å²) in [6.45, 7) is 2.69. The summed E-state index contributed by atoms with van der Waals surface area (Å²) in [5, 5.41) is 3.64. The Bertz CT molecular complexity index is 776. The van der Waals surface area contributed by atoms with Crippen LogP contribution in [0.15, 0.2) is 42.5 Å². The number of methoxy groups -OCH3 is 2. The molecule has 0 saturated carbocycles. The molecule has 0 aromatic heterocycles. The van der Waals surface area contributed by atoms with Gasteiger partial charge in [-0.3, -0.25) is 0 Å². The Kier molecular flexibility index (Phi) is 5.73. The van der Waals surface area contributed by atoms with Gasteiger partial charge in [-0.15, -0.1) is 0 Å². The van der Waals surface area contributed by atoms with E-state index in [0.29, 0.717) is 30.3 Å². The van der Waals surface area contributed by atoms with Crippen molar-refractivity contribution in [1.29, 1.82) is 0 Å². The van der Waals surface area contributed by atoms with Gasteiger partial charge in [0, 0.05) is 32.2 Å². The highest BCUT2D eigenvalue weighted by atomic mass is 35.5. The molecule has 3 rings (SSSR count). The molecule has 0 bridgehead atoms.